The zero-order valence-corrected chi connectivity index (χ0v) is 17.1. The highest BCUT2D eigenvalue weighted by atomic mass is 16.6. The minimum atomic E-state index is -0.502. The highest BCUT2D eigenvalue weighted by Crippen LogP contribution is 2.40. The molecule has 0 spiro atoms. The lowest BCUT2D eigenvalue weighted by Gasteiger charge is -2.39. The Kier molecular flexibility index (Phi) is 5.02. The third kappa shape index (κ3) is 3.84. The minimum Gasteiger partial charge on any atom is -0.444 e. The number of carbonyl (C=O) groups is 2. The molecule has 7 nitrogen and oxygen atoms in total. The van der Waals surface area contributed by atoms with E-state index in [1.807, 2.05) is 25.7 Å². The van der Waals surface area contributed by atoms with Crippen LogP contribution in [0.4, 0.5) is 10.7 Å². The first kappa shape index (κ1) is 19.2. The lowest BCUT2D eigenvalue weighted by molar-refractivity contribution is 0.00253. The summed E-state index contributed by atoms with van der Waals surface area (Å²) in [7, 11) is 0. The number of fused-ring (bicyclic) bond motifs is 2. The van der Waals surface area contributed by atoms with Gasteiger partial charge < -0.3 is 14.5 Å². The number of hydrogen-bond donors (Lipinski definition) is 0. The topological polar surface area (TPSA) is 75.6 Å². The molecule has 0 radical (unpaired) electrons. The Bertz CT molecular complexity index is 723. The molecule has 1 aromatic heterocycles. The molecule has 1 amide bonds. The molecular formula is C21H30N4O3. The summed E-state index contributed by atoms with van der Waals surface area (Å²) in [5.74, 6) is 0.750. The Morgan fingerprint density at radius 3 is 2.14 bits per heavy atom. The lowest BCUT2D eigenvalue weighted by Crippen LogP contribution is -2.49. The van der Waals surface area contributed by atoms with E-state index in [2.05, 4.69) is 14.9 Å². The third-order valence-corrected chi connectivity index (χ3v) is 6.02. The molecule has 4 rings (SSSR count). The first-order chi connectivity index (χ1) is 13.3. The van der Waals surface area contributed by atoms with E-state index in [1.54, 1.807) is 12.4 Å². The smallest absolute Gasteiger partial charge is 0.410 e. The molecule has 0 aliphatic carbocycles. The van der Waals surface area contributed by atoms with Gasteiger partial charge in [-0.1, -0.05) is 0 Å². The van der Waals surface area contributed by atoms with Crippen LogP contribution in [0.1, 0.15) is 69.7 Å². The summed E-state index contributed by atoms with van der Waals surface area (Å²) in [6.45, 7) is 7.62. The second kappa shape index (κ2) is 7.33. The van der Waals surface area contributed by atoms with Crippen molar-refractivity contribution in [2.45, 2.75) is 77.0 Å². The number of ketones is 1. The molecule has 1 aromatic rings. The Hall–Kier alpha value is -2.18. The van der Waals surface area contributed by atoms with Crippen molar-refractivity contribution in [1.29, 1.82) is 0 Å². The third-order valence-electron chi connectivity index (χ3n) is 6.02. The number of nitrogens with zero attached hydrogens (tertiary/aromatic N) is 4. The summed E-state index contributed by atoms with van der Waals surface area (Å²) in [6, 6.07) is 0.180. The maximum absolute atomic E-state index is 13.0. The fourth-order valence-electron chi connectivity index (χ4n) is 4.77. The molecule has 3 saturated heterocycles. The van der Waals surface area contributed by atoms with Crippen molar-refractivity contribution in [2.24, 2.45) is 5.92 Å². The van der Waals surface area contributed by atoms with Crippen LogP contribution in [0.15, 0.2) is 12.4 Å². The molecule has 4 heterocycles. The van der Waals surface area contributed by atoms with Crippen molar-refractivity contribution in [3.05, 3.63) is 18.0 Å². The number of aromatic nitrogens is 2. The van der Waals surface area contributed by atoms with E-state index in [9.17, 15) is 9.59 Å². The van der Waals surface area contributed by atoms with Crippen molar-refractivity contribution in [1.82, 2.24) is 14.9 Å². The average molecular weight is 386 g/mol. The molecular weight excluding hydrogens is 356 g/mol. The van der Waals surface area contributed by atoms with Gasteiger partial charge in [0.25, 0.3) is 0 Å². The zero-order chi connectivity index (χ0) is 19.9. The summed E-state index contributed by atoms with van der Waals surface area (Å²) in [5.41, 5.74) is 0.0792. The minimum absolute atomic E-state index is 0.0718. The molecule has 0 saturated carbocycles. The highest BCUT2D eigenvalue weighted by molar-refractivity contribution is 5.97. The van der Waals surface area contributed by atoms with Crippen LogP contribution < -0.4 is 4.90 Å². The summed E-state index contributed by atoms with van der Waals surface area (Å²) in [5, 5.41) is 0. The maximum Gasteiger partial charge on any atom is 0.410 e. The van der Waals surface area contributed by atoms with Gasteiger partial charge in [-0.2, -0.15) is 0 Å². The van der Waals surface area contributed by atoms with Crippen molar-refractivity contribution in [3.63, 3.8) is 0 Å². The van der Waals surface area contributed by atoms with Gasteiger partial charge in [-0.05, 0) is 59.3 Å². The summed E-state index contributed by atoms with van der Waals surface area (Å²) < 4.78 is 5.58. The van der Waals surface area contributed by atoms with Gasteiger partial charge >= 0.3 is 6.09 Å². The van der Waals surface area contributed by atoms with Crippen LogP contribution in [0, 0.1) is 5.92 Å². The largest absolute Gasteiger partial charge is 0.444 e. The van der Waals surface area contributed by atoms with Crippen LogP contribution in [-0.2, 0) is 4.74 Å². The first-order valence-electron chi connectivity index (χ1n) is 10.4. The van der Waals surface area contributed by atoms with Crippen molar-refractivity contribution in [2.75, 3.05) is 18.0 Å². The fourth-order valence-corrected chi connectivity index (χ4v) is 4.77. The average Bonchev–Trinajstić information content (AvgIpc) is 3.26. The molecule has 2 atom stereocenters. The molecule has 0 N–H and O–H groups in total. The van der Waals surface area contributed by atoms with Gasteiger partial charge in [0.15, 0.2) is 5.78 Å². The molecule has 0 aromatic carbocycles. The standard InChI is InChI=1S/C21H30N4O3/c1-21(2,3)28-20(27)25-16-6-7-17(25)11-14(10-16)18(26)15-12-22-19(23-13-15)24-8-4-5-9-24/h12-14,16-17H,4-11H2,1-3H3. The van der Waals surface area contributed by atoms with Gasteiger partial charge in [0.05, 0.1) is 5.56 Å². The normalized spacial score (nSPS) is 27.2. The summed E-state index contributed by atoms with van der Waals surface area (Å²) in [4.78, 5) is 38.5. The van der Waals surface area contributed by atoms with Gasteiger partial charge in [0, 0.05) is 43.5 Å². The van der Waals surface area contributed by atoms with Crippen LogP contribution in [0.5, 0.6) is 0 Å². The number of piperidine rings is 1. The number of hydrogen-bond acceptors (Lipinski definition) is 6. The number of carbonyl (C=O) groups excluding carboxylic acids is 2. The van der Waals surface area contributed by atoms with E-state index >= 15 is 0 Å². The number of Topliss-reactive ketones (excluding diaryl/α,β-unsaturated/α-hetero) is 1. The van der Waals surface area contributed by atoms with Crippen molar-refractivity contribution < 1.29 is 14.3 Å². The molecule has 3 aliphatic heterocycles. The second-order valence-corrected chi connectivity index (χ2v) is 9.27. The van der Waals surface area contributed by atoms with Gasteiger partial charge in [-0.25, -0.2) is 14.8 Å². The Labute approximate surface area is 166 Å². The highest BCUT2D eigenvalue weighted by Gasteiger charge is 2.46. The van der Waals surface area contributed by atoms with Crippen LogP contribution >= 0.6 is 0 Å². The van der Waals surface area contributed by atoms with E-state index in [0.717, 1.165) is 25.9 Å². The van der Waals surface area contributed by atoms with Crippen LogP contribution in [0.3, 0.4) is 0 Å². The molecule has 2 bridgehead atoms. The Balaban J connectivity index is 1.41. The number of amides is 1. The molecule has 28 heavy (non-hydrogen) atoms. The molecule has 3 aliphatic rings. The molecule has 152 valence electrons. The van der Waals surface area contributed by atoms with E-state index in [-0.39, 0.29) is 29.9 Å². The van der Waals surface area contributed by atoms with E-state index in [0.29, 0.717) is 24.4 Å². The van der Waals surface area contributed by atoms with E-state index in [1.165, 1.54) is 12.8 Å². The van der Waals surface area contributed by atoms with E-state index in [4.69, 9.17) is 4.74 Å². The van der Waals surface area contributed by atoms with Gasteiger partial charge in [0.1, 0.15) is 5.60 Å². The lowest BCUT2D eigenvalue weighted by atomic mass is 9.85. The summed E-state index contributed by atoms with van der Waals surface area (Å²) in [6.07, 6.45) is 8.72. The number of ether oxygens (including phenoxy) is 1. The monoisotopic (exact) mass is 386 g/mol. The molecule has 2 unspecified atom stereocenters. The van der Waals surface area contributed by atoms with Gasteiger partial charge in [-0.15, -0.1) is 0 Å². The zero-order valence-electron chi connectivity index (χ0n) is 17.1. The molecule has 7 heteroatoms. The SMILES string of the molecule is CC(C)(C)OC(=O)N1C2CCC1CC(C(=O)c1cnc(N3CCCC3)nc1)C2. The van der Waals surface area contributed by atoms with Crippen molar-refractivity contribution in [3.8, 4) is 0 Å². The van der Waals surface area contributed by atoms with Crippen LogP contribution in [-0.4, -0.2) is 57.5 Å². The fraction of sp³-hybridized carbons (Fsp3) is 0.714. The van der Waals surface area contributed by atoms with Crippen molar-refractivity contribution >= 4 is 17.8 Å². The summed E-state index contributed by atoms with van der Waals surface area (Å²) >= 11 is 0. The first-order valence-corrected chi connectivity index (χ1v) is 10.4. The quantitative estimate of drug-likeness (QED) is 0.741. The van der Waals surface area contributed by atoms with Crippen LogP contribution in [0.25, 0.3) is 0 Å². The number of rotatable bonds is 3. The Morgan fingerprint density at radius 2 is 1.61 bits per heavy atom. The van der Waals surface area contributed by atoms with Gasteiger partial charge in [0.2, 0.25) is 5.95 Å². The Morgan fingerprint density at radius 1 is 1.04 bits per heavy atom. The number of anilines is 1. The second-order valence-electron chi connectivity index (χ2n) is 9.27. The van der Waals surface area contributed by atoms with Crippen LogP contribution in [0.2, 0.25) is 0 Å². The van der Waals surface area contributed by atoms with Gasteiger partial charge in [-0.3, -0.25) is 4.79 Å². The predicted octanol–water partition coefficient (Wildman–Crippen LogP) is 3.44. The predicted molar refractivity (Wildman–Crippen MR) is 105 cm³/mol. The molecule has 3 fully saturated rings. The van der Waals surface area contributed by atoms with E-state index < -0.39 is 5.60 Å². The maximum atomic E-state index is 13.0.